The molecule has 4 rings (SSSR count). The van der Waals surface area contributed by atoms with E-state index < -0.39 is 0 Å². The molecule has 0 aliphatic carbocycles. The SMILES string of the molecule is COc1cc(OC)cc(-c2ccccc2C(=O)C#Cc2ccc3c(c2)OCB3)c1. The van der Waals surface area contributed by atoms with Crippen molar-refractivity contribution in [3.05, 3.63) is 71.8 Å². The smallest absolute Gasteiger partial charge is 0.236 e. The van der Waals surface area contributed by atoms with Gasteiger partial charge in [0.2, 0.25) is 13.1 Å². The summed E-state index contributed by atoms with van der Waals surface area (Å²) in [6, 6.07) is 18.8. The second-order valence-electron chi connectivity index (χ2n) is 6.65. The Morgan fingerprint density at radius 2 is 1.76 bits per heavy atom. The fraction of sp³-hybridized carbons (Fsp3) is 0.125. The minimum absolute atomic E-state index is 0.246. The summed E-state index contributed by atoms with van der Waals surface area (Å²) in [5.74, 6) is 7.66. The number of carbonyl (C=O) groups excluding carboxylic acids is 1. The Balaban J connectivity index is 1.68. The third-order valence-corrected chi connectivity index (χ3v) is 4.85. The summed E-state index contributed by atoms with van der Waals surface area (Å²) in [5.41, 5.74) is 4.09. The molecular weight excluding hydrogens is 363 g/mol. The van der Waals surface area contributed by atoms with Gasteiger partial charge in [-0.3, -0.25) is 4.79 Å². The third-order valence-electron chi connectivity index (χ3n) is 4.85. The molecule has 0 unspecified atom stereocenters. The molecule has 4 nitrogen and oxygen atoms in total. The molecule has 3 aromatic rings. The van der Waals surface area contributed by atoms with Crippen LogP contribution >= 0.6 is 0 Å². The molecule has 0 aromatic heterocycles. The summed E-state index contributed by atoms with van der Waals surface area (Å²) < 4.78 is 16.3. The summed E-state index contributed by atoms with van der Waals surface area (Å²) >= 11 is 0. The van der Waals surface area contributed by atoms with Gasteiger partial charge < -0.3 is 14.2 Å². The maximum Gasteiger partial charge on any atom is 0.236 e. The first kappa shape index (κ1) is 18.7. The lowest BCUT2D eigenvalue weighted by molar-refractivity contribution is 0.105. The van der Waals surface area contributed by atoms with Crippen molar-refractivity contribution in [2.75, 3.05) is 20.7 Å². The van der Waals surface area contributed by atoms with Crippen molar-refractivity contribution in [3.8, 4) is 40.2 Å². The van der Waals surface area contributed by atoms with E-state index >= 15 is 0 Å². The summed E-state index contributed by atoms with van der Waals surface area (Å²) in [5, 5.41) is 0. The van der Waals surface area contributed by atoms with Gasteiger partial charge >= 0.3 is 0 Å². The van der Waals surface area contributed by atoms with E-state index in [4.69, 9.17) is 14.2 Å². The second kappa shape index (κ2) is 8.16. The van der Waals surface area contributed by atoms with Crippen molar-refractivity contribution in [2.45, 2.75) is 0 Å². The van der Waals surface area contributed by atoms with Gasteiger partial charge in [-0.25, -0.2) is 0 Å². The van der Waals surface area contributed by atoms with Crippen LogP contribution < -0.4 is 19.7 Å². The Kier molecular flexibility index (Phi) is 5.26. The molecule has 1 heterocycles. The van der Waals surface area contributed by atoms with E-state index in [0.29, 0.717) is 23.6 Å². The molecule has 0 saturated carbocycles. The number of methoxy groups -OCH3 is 2. The molecule has 5 heteroatoms. The van der Waals surface area contributed by atoms with Crippen molar-refractivity contribution >= 4 is 18.5 Å². The lowest BCUT2D eigenvalue weighted by Gasteiger charge is -2.11. The lowest BCUT2D eigenvalue weighted by Crippen LogP contribution is -2.09. The molecule has 0 spiro atoms. The maximum atomic E-state index is 12.9. The summed E-state index contributed by atoms with van der Waals surface area (Å²) in [6.45, 7) is 0.697. The van der Waals surface area contributed by atoms with Gasteiger partial charge in [0, 0.05) is 17.2 Å². The monoisotopic (exact) mass is 382 g/mol. The third kappa shape index (κ3) is 3.97. The van der Waals surface area contributed by atoms with Gasteiger partial charge in [0.1, 0.15) is 17.2 Å². The molecule has 0 fully saturated rings. The highest BCUT2D eigenvalue weighted by atomic mass is 16.5. The number of benzene rings is 3. The van der Waals surface area contributed by atoms with Crippen LogP contribution in [0.1, 0.15) is 15.9 Å². The van der Waals surface area contributed by atoms with Crippen LogP contribution in [0, 0.1) is 11.8 Å². The van der Waals surface area contributed by atoms with E-state index in [-0.39, 0.29) is 5.78 Å². The first-order valence-electron chi connectivity index (χ1n) is 9.32. The van der Waals surface area contributed by atoms with Crippen molar-refractivity contribution in [1.82, 2.24) is 0 Å². The summed E-state index contributed by atoms with van der Waals surface area (Å²) in [6.07, 6.45) is 0. The minimum atomic E-state index is -0.246. The highest BCUT2D eigenvalue weighted by molar-refractivity contribution is 6.55. The van der Waals surface area contributed by atoms with Gasteiger partial charge in [-0.05, 0) is 52.8 Å². The number of fused-ring (bicyclic) bond motifs is 1. The Bertz CT molecular complexity index is 1120. The van der Waals surface area contributed by atoms with Gasteiger partial charge in [0.15, 0.2) is 0 Å². The zero-order valence-electron chi connectivity index (χ0n) is 16.3. The molecule has 0 amide bonds. The largest absolute Gasteiger partial charge is 0.502 e. The van der Waals surface area contributed by atoms with Crippen LogP contribution in [-0.2, 0) is 0 Å². The van der Waals surface area contributed by atoms with Gasteiger partial charge in [-0.1, -0.05) is 30.2 Å². The van der Waals surface area contributed by atoms with E-state index in [2.05, 4.69) is 11.8 Å². The maximum absolute atomic E-state index is 12.9. The first-order valence-corrected chi connectivity index (χ1v) is 9.32. The van der Waals surface area contributed by atoms with E-state index in [0.717, 1.165) is 29.7 Å². The van der Waals surface area contributed by atoms with E-state index in [9.17, 15) is 4.79 Å². The molecule has 0 radical (unpaired) electrons. The molecule has 3 aromatic carbocycles. The first-order chi connectivity index (χ1) is 14.2. The number of rotatable bonds is 4. The predicted molar refractivity (Wildman–Crippen MR) is 115 cm³/mol. The van der Waals surface area contributed by atoms with Crippen LogP contribution in [0.2, 0.25) is 0 Å². The lowest BCUT2D eigenvalue weighted by atomic mass is 9.73. The van der Waals surface area contributed by atoms with Gasteiger partial charge in [-0.2, -0.15) is 0 Å². The molecule has 0 atom stereocenters. The van der Waals surface area contributed by atoms with Gasteiger partial charge in [0.05, 0.1) is 20.7 Å². The Hall–Kier alpha value is -3.65. The predicted octanol–water partition coefficient (Wildman–Crippen LogP) is 3.02. The number of ketones is 1. The van der Waals surface area contributed by atoms with E-state index in [1.165, 1.54) is 5.46 Å². The molecule has 29 heavy (non-hydrogen) atoms. The molecule has 142 valence electrons. The van der Waals surface area contributed by atoms with Crippen molar-refractivity contribution < 1.29 is 19.0 Å². The molecule has 0 saturated heterocycles. The molecule has 0 bridgehead atoms. The van der Waals surface area contributed by atoms with Crippen molar-refractivity contribution in [2.24, 2.45) is 0 Å². The van der Waals surface area contributed by atoms with E-state index in [1.807, 2.05) is 48.5 Å². The number of ether oxygens (including phenoxy) is 3. The van der Waals surface area contributed by atoms with Crippen LogP contribution in [0.5, 0.6) is 17.2 Å². The summed E-state index contributed by atoms with van der Waals surface area (Å²) in [4.78, 5) is 12.9. The summed E-state index contributed by atoms with van der Waals surface area (Å²) in [7, 11) is 4.11. The zero-order chi connectivity index (χ0) is 20.2. The molecular formula is C24H19BO4. The fourth-order valence-corrected chi connectivity index (χ4v) is 3.34. The Morgan fingerprint density at radius 1 is 1.00 bits per heavy atom. The average Bonchev–Trinajstić information content (AvgIpc) is 3.25. The van der Waals surface area contributed by atoms with Crippen LogP contribution in [0.4, 0.5) is 0 Å². The van der Waals surface area contributed by atoms with Crippen molar-refractivity contribution in [3.63, 3.8) is 0 Å². The number of carbonyl (C=O) groups is 1. The Morgan fingerprint density at radius 3 is 2.52 bits per heavy atom. The van der Waals surface area contributed by atoms with Crippen molar-refractivity contribution in [1.29, 1.82) is 0 Å². The minimum Gasteiger partial charge on any atom is -0.502 e. The standard InChI is InChI=1S/C24H19BO4/c1-27-18-12-17(13-19(14-18)28-2)20-5-3-4-6-21(20)23(26)10-8-16-7-9-22-24(11-16)29-15-25-22/h3-7,9,11-14,25H,15H2,1-2H3. The van der Waals surface area contributed by atoms with Crippen LogP contribution in [0.25, 0.3) is 11.1 Å². The fourth-order valence-electron chi connectivity index (χ4n) is 3.34. The second-order valence-corrected chi connectivity index (χ2v) is 6.65. The van der Waals surface area contributed by atoms with Crippen LogP contribution in [0.15, 0.2) is 60.7 Å². The quantitative estimate of drug-likeness (QED) is 0.395. The van der Waals surface area contributed by atoms with Crippen LogP contribution in [0.3, 0.4) is 0 Å². The highest BCUT2D eigenvalue weighted by Gasteiger charge is 2.14. The highest BCUT2D eigenvalue weighted by Crippen LogP contribution is 2.31. The molecule has 1 aliphatic heterocycles. The molecule has 0 N–H and O–H groups in total. The van der Waals surface area contributed by atoms with E-state index in [1.54, 1.807) is 26.4 Å². The molecule has 1 aliphatic rings. The van der Waals surface area contributed by atoms with Gasteiger partial charge in [-0.15, -0.1) is 0 Å². The zero-order valence-corrected chi connectivity index (χ0v) is 16.3. The van der Waals surface area contributed by atoms with Gasteiger partial charge in [0.25, 0.3) is 0 Å². The average molecular weight is 382 g/mol. The van der Waals surface area contributed by atoms with Crippen LogP contribution in [-0.4, -0.2) is 33.8 Å². The topological polar surface area (TPSA) is 44.8 Å². The number of hydrogen-bond acceptors (Lipinski definition) is 4. The number of Topliss-reactive ketones (excluding diaryl/α,β-unsaturated/α-hetero) is 1. The normalized spacial score (nSPS) is 11.4. The number of hydrogen-bond donors (Lipinski definition) is 0. The Labute approximate surface area is 170 Å².